The van der Waals surface area contributed by atoms with Gasteiger partial charge in [0, 0.05) is 37.8 Å². The number of hydrogen-bond donors (Lipinski definition) is 3. The normalized spacial score (nSPS) is 21.0. The van der Waals surface area contributed by atoms with E-state index in [-0.39, 0.29) is 36.8 Å². The Labute approximate surface area is 173 Å². The average molecular weight is 420 g/mol. The van der Waals surface area contributed by atoms with E-state index in [1.165, 1.54) is 5.56 Å². The Hall–Kier alpha value is -0.890. The molecule has 1 atom stereocenters. The zero-order valence-electron chi connectivity index (χ0n) is 15.6. The third kappa shape index (κ3) is 7.94. The summed E-state index contributed by atoms with van der Waals surface area (Å²) in [7, 11) is 0. The number of nitrogens with zero attached hydrogens (tertiary/aromatic N) is 1. The van der Waals surface area contributed by atoms with Gasteiger partial charge in [-0.2, -0.15) is 0 Å². The predicted octanol–water partition coefficient (Wildman–Crippen LogP) is 2.05. The number of morpholine rings is 1. The summed E-state index contributed by atoms with van der Waals surface area (Å²) < 4.78 is 5.39. The number of amides is 1. The standard InChI is InChI=1S/C19H29N3O3.2ClH/c23-13-15-4-7-22(8-5-15)12-16-2-1-3-17(10-16)21-19(24)11-18-14-25-9-6-20-18;;/h1-3,10,15,18,20,23H,4-9,11-14H2,(H,21,24);2*1H. The summed E-state index contributed by atoms with van der Waals surface area (Å²) in [6, 6.07) is 8.19. The Morgan fingerprint density at radius 1 is 1.30 bits per heavy atom. The van der Waals surface area contributed by atoms with E-state index in [9.17, 15) is 9.90 Å². The molecule has 27 heavy (non-hydrogen) atoms. The summed E-state index contributed by atoms with van der Waals surface area (Å²) in [6.45, 7) is 5.35. The highest BCUT2D eigenvalue weighted by molar-refractivity contribution is 5.91. The molecule has 1 aromatic rings. The Morgan fingerprint density at radius 2 is 2.07 bits per heavy atom. The number of aliphatic hydroxyl groups is 1. The number of piperidine rings is 1. The van der Waals surface area contributed by atoms with E-state index in [0.29, 0.717) is 25.6 Å². The van der Waals surface area contributed by atoms with E-state index in [1.807, 2.05) is 12.1 Å². The van der Waals surface area contributed by atoms with E-state index in [1.54, 1.807) is 0 Å². The van der Waals surface area contributed by atoms with Crippen LogP contribution in [0.15, 0.2) is 24.3 Å². The fraction of sp³-hybridized carbons (Fsp3) is 0.632. The molecule has 0 radical (unpaired) electrons. The third-order valence-corrected chi connectivity index (χ3v) is 5.01. The van der Waals surface area contributed by atoms with Gasteiger partial charge in [0.25, 0.3) is 0 Å². The van der Waals surface area contributed by atoms with Crippen molar-refractivity contribution in [2.45, 2.75) is 31.8 Å². The third-order valence-electron chi connectivity index (χ3n) is 5.01. The molecule has 0 aliphatic carbocycles. The van der Waals surface area contributed by atoms with Crippen molar-refractivity contribution in [2.75, 3.05) is 44.8 Å². The monoisotopic (exact) mass is 419 g/mol. The van der Waals surface area contributed by atoms with E-state index in [4.69, 9.17) is 4.74 Å². The van der Waals surface area contributed by atoms with Gasteiger partial charge in [-0.3, -0.25) is 9.69 Å². The van der Waals surface area contributed by atoms with Gasteiger partial charge in [-0.1, -0.05) is 12.1 Å². The second kappa shape index (κ2) is 12.5. The van der Waals surface area contributed by atoms with Gasteiger partial charge in [0.15, 0.2) is 0 Å². The molecule has 2 heterocycles. The Balaban J connectivity index is 0.00000182. The van der Waals surface area contributed by atoms with Crippen molar-refractivity contribution in [3.63, 3.8) is 0 Å². The van der Waals surface area contributed by atoms with Crippen LogP contribution in [-0.2, 0) is 16.1 Å². The number of anilines is 1. The van der Waals surface area contributed by atoms with Gasteiger partial charge < -0.3 is 20.5 Å². The molecule has 8 heteroatoms. The Morgan fingerprint density at radius 3 is 2.74 bits per heavy atom. The van der Waals surface area contributed by atoms with Gasteiger partial charge in [0.2, 0.25) is 5.91 Å². The highest BCUT2D eigenvalue weighted by atomic mass is 35.5. The number of aliphatic hydroxyl groups excluding tert-OH is 1. The molecule has 1 aromatic carbocycles. The second-order valence-electron chi connectivity index (χ2n) is 7.08. The van der Waals surface area contributed by atoms with Gasteiger partial charge in [0.1, 0.15) is 0 Å². The molecule has 1 unspecified atom stereocenters. The van der Waals surface area contributed by atoms with Crippen LogP contribution in [0.25, 0.3) is 0 Å². The summed E-state index contributed by atoms with van der Waals surface area (Å²) >= 11 is 0. The number of carbonyl (C=O) groups excluding carboxylic acids is 1. The molecule has 3 rings (SSSR count). The Bertz CT molecular complexity index is 563. The summed E-state index contributed by atoms with van der Waals surface area (Å²) in [6.07, 6.45) is 2.55. The minimum atomic E-state index is 0. The van der Waals surface area contributed by atoms with Crippen LogP contribution in [0.5, 0.6) is 0 Å². The van der Waals surface area contributed by atoms with Crippen molar-refractivity contribution < 1.29 is 14.6 Å². The molecule has 1 amide bonds. The minimum Gasteiger partial charge on any atom is -0.396 e. The van der Waals surface area contributed by atoms with Gasteiger partial charge in [-0.25, -0.2) is 0 Å². The number of benzene rings is 1. The second-order valence-corrected chi connectivity index (χ2v) is 7.08. The maximum absolute atomic E-state index is 12.2. The molecule has 2 fully saturated rings. The number of likely N-dealkylation sites (tertiary alicyclic amines) is 1. The topological polar surface area (TPSA) is 73.8 Å². The highest BCUT2D eigenvalue weighted by Crippen LogP contribution is 2.20. The van der Waals surface area contributed by atoms with Crippen molar-refractivity contribution in [1.29, 1.82) is 0 Å². The molecule has 0 saturated carbocycles. The number of nitrogens with one attached hydrogen (secondary N) is 2. The first-order valence-corrected chi connectivity index (χ1v) is 9.26. The molecule has 6 nitrogen and oxygen atoms in total. The molecule has 2 aliphatic rings. The van der Waals surface area contributed by atoms with Gasteiger partial charge in [-0.15, -0.1) is 24.8 Å². The van der Waals surface area contributed by atoms with E-state index in [0.717, 1.165) is 51.3 Å². The first-order valence-electron chi connectivity index (χ1n) is 9.26. The lowest BCUT2D eigenvalue weighted by Gasteiger charge is -2.31. The number of ether oxygens (including phenoxy) is 1. The number of carbonyl (C=O) groups is 1. The number of halogens is 2. The quantitative estimate of drug-likeness (QED) is 0.657. The van der Waals surface area contributed by atoms with E-state index >= 15 is 0 Å². The first kappa shape index (κ1) is 24.1. The van der Waals surface area contributed by atoms with Crippen molar-refractivity contribution in [3.8, 4) is 0 Å². The lowest BCUT2D eigenvalue weighted by molar-refractivity contribution is -0.117. The zero-order valence-corrected chi connectivity index (χ0v) is 17.2. The zero-order chi connectivity index (χ0) is 17.5. The largest absolute Gasteiger partial charge is 0.396 e. The summed E-state index contributed by atoms with van der Waals surface area (Å²) in [5.41, 5.74) is 2.06. The lowest BCUT2D eigenvalue weighted by atomic mass is 9.97. The average Bonchev–Trinajstić information content (AvgIpc) is 2.63. The summed E-state index contributed by atoms with van der Waals surface area (Å²) in [4.78, 5) is 14.6. The number of rotatable bonds is 6. The predicted molar refractivity (Wildman–Crippen MR) is 112 cm³/mol. The minimum absolute atomic E-state index is 0. The van der Waals surface area contributed by atoms with Gasteiger partial charge in [0.05, 0.1) is 13.2 Å². The molecular formula is C19H31Cl2N3O3. The Kier molecular flexibility index (Phi) is 11.2. The molecule has 2 saturated heterocycles. The molecule has 3 N–H and O–H groups in total. The van der Waals surface area contributed by atoms with Gasteiger partial charge >= 0.3 is 0 Å². The molecule has 154 valence electrons. The molecule has 0 spiro atoms. The van der Waals surface area contributed by atoms with E-state index < -0.39 is 0 Å². The maximum atomic E-state index is 12.2. The van der Waals surface area contributed by atoms with Crippen molar-refractivity contribution in [1.82, 2.24) is 10.2 Å². The molecule has 2 aliphatic heterocycles. The molecular weight excluding hydrogens is 389 g/mol. The first-order chi connectivity index (χ1) is 12.2. The van der Waals surface area contributed by atoms with Crippen LogP contribution in [0.2, 0.25) is 0 Å². The summed E-state index contributed by atoms with van der Waals surface area (Å²) in [5, 5.41) is 15.5. The highest BCUT2D eigenvalue weighted by Gasteiger charge is 2.19. The molecule has 0 bridgehead atoms. The lowest BCUT2D eigenvalue weighted by Crippen LogP contribution is -2.43. The van der Waals surface area contributed by atoms with E-state index in [2.05, 4.69) is 27.7 Å². The summed E-state index contributed by atoms with van der Waals surface area (Å²) in [5.74, 6) is 0.475. The maximum Gasteiger partial charge on any atom is 0.226 e. The van der Waals surface area contributed by atoms with Crippen molar-refractivity contribution in [2.24, 2.45) is 5.92 Å². The fourth-order valence-corrected chi connectivity index (χ4v) is 3.52. The van der Waals surface area contributed by atoms with Crippen LogP contribution in [0.3, 0.4) is 0 Å². The van der Waals surface area contributed by atoms with Crippen LogP contribution in [0.4, 0.5) is 5.69 Å². The van der Waals surface area contributed by atoms with Crippen molar-refractivity contribution >= 4 is 36.4 Å². The number of hydrogen-bond acceptors (Lipinski definition) is 5. The van der Waals surface area contributed by atoms with Crippen LogP contribution in [0, 0.1) is 5.92 Å². The smallest absolute Gasteiger partial charge is 0.226 e. The van der Waals surface area contributed by atoms with Crippen LogP contribution in [-0.4, -0.2) is 61.4 Å². The molecule has 0 aromatic heterocycles. The van der Waals surface area contributed by atoms with Crippen LogP contribution >= 0.6 is 24.8 Å². The van der Waals surface area contributed by atoms with Crippen molar-refractivity contribution in [3.05, 3.63) is 29.8 Å². The fourth-order valence-electron chi connectivity index (χ4n) is 3.52. The van der Waals surface area contributed by atoms with Gasteiger partial charge in [-0.05, 0) is 49.5 Å². The van der Waals surface area contributed by atoms with Crippen LogP contribution < -0.4 is 10.6 Å². The van der Waals surface area contributed by atoms with Crippen LogP contribution in [0.1, 0.15) is 24.8 Å². The SMILES string of the molecule is Cl.Cl.O=C(CC1COCCN1)Nc1cccc(CN2CCC(CO)CC2)c1.